The topological polar surface area (TPSA) is 53.3 Å². The maximum atomic E-state index is 12.2. The van der Waals surface area contributed by atoms with Gasteiger partial charge in [0.05, 0.1) is 6.61 Å². The molecule has 0 spiro atoms. The first-order valence-corrected chi connectivity index (χ1v) is 7.63. The van der Waals surface area contributed by atoms with E-state index in [2.05, 4.69) is 6.92 Å². The third-order valence-electron chi connectivity index (χ3n) is 2.36. The highest BCUT2D eigenvalue weighted by Gasteiger charge is 2.29. The van der Waals surface area contributed by atoms with Crippen LogP contribution in [0.25, 0.3) is 0 Å². The average molecular weight is 246 g/mol. The predicted molar refractivity (Wildman–Crippen MR) is 66.2 cm³/mol. The first-order valence-electron chi connectivity index (χ1n) is 6.05. The first kappa shape index (κ1) is 15.6. The van der Waals surface area contributed by atoms with Gasteiger partial charge in [-0.05, 0) is 12.8 Å². The van der Waals surface area contributed by atoms with Gasteiger partial charge in [-0.25, -0.2) is 4.67 Å². The van der Waals surface area contributed by atoms with Gasteiger partial charge >= 0.3 is 7.52 Å². The van der Waals surface area contributed by atoms with E-state index >= 15 is 0 Å². The molecule has 0 heterocycles. The van der Waals surface area contributed by atoms with Gasteiger partial charge in [-0.1, -0.05) is 33.6 Å². The zero-order valence-corrected chi connectivity index (χ0v) is 11.5. The van der Waals surface area contributed by atoms with E-state index in [0.29, 0.717) is 19.7 Å². The zero-order chi connectivity index (χ0) is 12.4. The minimum Gasteiger partial charge on any atom is -0.307 e. The van der Waals surface area contributed by atoms with Crippen LogP contribution in [-0.4, -0.2) is 24.4 Å². The summed E-state index contributed by atoms with van der Waals surface area (Å²) in [6.45, 7) is 7.65. The highest BCUT2D eigenvalue weighted by molar-refractivity contribution is 7.61. The fourth-order valence-corrected chi connectivity index (χ4v) is 3.01. The van der Waals surface area contributed by atoms with Crippen LogP contribution >= 0.6 is 7.52 Å². The lowest BCUT2D eigenvalue weighted by atomic mass is 10.3. The second kappa shape index (κ2) is 8.75. The molecule has 0 fully saturated rings. The SMILES string of the molecule is CCCCCOP(=O)(C#N)N(CC)CCC. The van der Waals surface area contributed by atoms with E-state index in [0.717, 1.165) is 25.7 Å². The van der Waals surface area contributed by atoms with Crippen LogP contribution in [-0.2, 0) is 9.09 Å². The van der Waals surface area contributed by atoms with Crippen LogP contribution < -0.4 is 0 Å². The maximum Gasteiger partial charge on any atom is 0.371 e. The molecule has 0 bridgehead atoms. The van der Waals surface area contributed by atoms with Crippen molar-refractivity contribution in [2.45, 2.75) is 46.5 Å². The molecule has 0 aromatic rings. The Morgan fingerprint density at radius 3 is 2.38 bits per heavy atom. The van der Waals surface area contributed by atoms with Crippen LogP contribution in [0.2, 0.25) is 0 Å². The summed E-state index contributed by atoms with van der Waals surface area (Å²) in [4.78, 5) is 0. The Kier molecular flexibility index (Phi) is 8.56. The Bertz CT molecular complexity index is 263. The zero-order valence-electron chi connectivity index (χ0n) is 10.6. The summed E-state index contributed by atoms with van der Waals surface area (Å²) in [6.07, 6.45) is 3.88. The molecule has 94 valence electrons. The van der Waals surface area contributed by atoms with Gasteiger partial charge in [0.1, 0.15) is 0 Å². The smallest absolute Gasteiger partial charge is 0.307 e. The van der Waals surface area contributed by atoms with Gasteiger partial charge < -0.3 is 4.52 Å². The van der Waals surface area contributed by atoms with Gasteiger partial charge in [0, 0.05) is 13.1 Å². The number of hydrogen-bond donors (Lipinski definition) is 0. The molecular weight excluding hydrogens is 223 g/mol. The Labute approximate surface area is 99.1 Å². The van der Waals surface area contributed by atoms with E-state index in [4.69, 9.17) is 9.79 Å². The summed E-state index contributed by atoms with van der Waals surface area (Å²) in [5.41, 5.74) is 0. The maximum absolute atomic E-state index is 12.2. The third kappa shape index (κ3) is 5.12. The monoisotopic (exact) mass is 246 g/mol. The summed E-state index contributed by atoms with van der Waals surface area (Å²) >= 11 is 0. The molecule has 5 heteroatoms. The van der Waals surface area contributed by atoms with Crippen LogP contribution in [0.5, 0.6) is 0 Å². The van der Waals surface area contributed by atoms with Crippen molar-refractivity contribution >= 4 is 7.52 Å². The van der Waals surface area contributed by atoms with Crippen LogP contribution in [0.3, 0.4) is 0 Å². The normalized spacial score (nSPS) is 14.7. The molecule has 0 N–H and O–H groups in total. The van der Waals surface area contributed by atoms with E-state index in [1.165, 1.54) is 0 Å². The third-order valence-corrected chi connectivity index (χ3v) is 4.37. The van der Waals surface area contributed by atoms with Crippen molar-refractivity contribution in [1.82, 2.24) is 4.67 Å². The lowest BCUT2D eigenvalue weighted by Crippen LogP contribution is -2.21. The molecule has 0 aromatic carbocycles. The molecule has 0 aliphatic carbocycles. The summed E-state index contributed by atoms with van der Waals surface area (Å²) in [5, 5.41) is 8.99. The van der Waals surface area contributed by atoms with Crippen molar-refractivity contribution in [2.75, 3.05) is 19.7 Å². The quantitative estimate of drug-likeness (QED) is 0.460. The van der Waals surface area contributed by atoms with Crippen molar-refractivity contribution in [3.63, 3.8) is 0 Å². The molecule has 0 amide bonds. The lowest BCUT2D eigenvalue weighted by Gasteiger charge is -2.24. The Hall–Kier alpha value is -0.360. The highest BCUT2D eigenvalue weighted by Crippen LogP contribution is 2.49. The number of unbranched alkanes of at least 4 members (excludes halogenated alkanes) is 2. The molecular formula is C11H23N2O2P. The van der Waals surface area contributed by atoms with E-state index in [1.807, 2.05) is 19.7 Å². The number of hydrogen-bond acceptors (Lipinski definition) is 3. The molecule has 0 aromatic heterocycles. The average Bonchev–Trinajstić information content (AvgIpc) is 2.31. The number of rotatable bonds is 9. The first-order chi connectivity index (χ1) is 7.64. The highest BCUT2D eigenvalue weighted by atomic mass is 31.2. The molecule has 0 rings (SSSR count). The number of nitriles is 1. The second-order valence-corrected chi connectivity index (χ2v) is 5.77. The molecule has 0 saturated carbocycles. The Morgan fingerprint density at radius 1 is 1.25 bits per heavy atom. The molecule has 4 nitrogen and oxygen atoms in total. The van der Waals surface area contributed by atoms with Crippen molar-refractivity contribution in [1.29, 1.82) is 5.26 Å². The van der Waals surface area contributed by atoms with Crippen LogP contribution in [0.1, 0.15) is 46.5 Å². The molecule has 0 aliphatic heterocycles. The summed E-state index contributed by atoms with van der Waals surface area (Å²) < 4.78 is 19.2. The largest absolute Gasteiger partial charge is 0.371 e. The van der Waals surface area contributed by atoms with Gasteiger partial charge in [0.15, 0.2) is 5.81 Å². The minimum absolute atomic E-state index is 0.416. The van der Waals surface area contributed by atoms with Gasteiger partial charge in [-0.15, -0.1) is 0 Å². The summed E-state index contributed by atoms with van der Waals surface area (Å²) in [6, 6.07) is 0. The van der Waals surface area contributed by atoms with Crippen molar-refractivity contribution < 1.29 is 9.09 Å². The van der Waals surface area contributed by atoms with E-state index < -0.39 is 7.52 Å². The van der Waals surface area contributed by atoms with Crippen molar-refractivity contribution in [2.24, 2.45) is 0 Å². The lowest BCUT2D eigenvalue weighted by molar-refractivity contribution is 0.264. The predicted octanol–water partition coefficient (Wildman–Crippen LogP) is 3.60. The molecule has 16 heavy (non-hydrogen) atoms. The van der Waals surface area contributed by atoms with Crippen LogP contribution in [0.4, 0.5) is 0 Å². The molecule has 1 atom stereocenters. The standard InChI is InChI=1S/C11H23N2O2P/c1-4-7-8-10-15-16(14,11-12)13(6-3)9-5-2/h4-10H2,1-3H3. The van der Waals surface area contributed by atoms with E-state index in [9.17, 15) is 4.57 Å². The second-order valence-electron chi connectivity index (χ2n) is 3.71. The minimum atomic E-state index is -3.23. The fourth-order valence-electron chi connectivity index (χ4n) is 1.45. The molecule has 0 aliphatic rings. The Morgan fingerprint density at radius 2 is 1.94 bits per heavy atom. The molecule has 0 radical (unpaired) electrons. The number of nitrogens with zero attached hydrogens (tertiary/aromatic N) is 2. The summed E-state index contributed by atoms with van der Waals surface area (Å²) in [5.74, 6) is 1.85. The van der Waals surface area contributed by atoms with Gasteiger partial charge in [-0.3, -0.25) is 4.57 Å². The Balaban J connectivity index is 4.28. The van der Waals surface area contributed by atoms with E-state index in [-0.39, 0.29) is 0 Å². The van der Waals surface area contributed by atoms with Gasteiger partial charge in [0.2, 0.25) is 0 Å². The summed E-state index contributed by atoms with van der Waals surface area (Å²) in [7, 11) is -3.23. The fraction of sp³-hybridized carbons (Fsp3) is 0.909. The van der Waals surface area contributed by atoms with E-state index in [1.54, 1.807) is 4.67 Å². The van der Waals surface area contributed by atoms with Crippen LogP contribution in [0.15, 0.2) is 0 Å². The van der Waals surface area contributed by atoms with Crippen molar-refractivity contribution in [3.8, 4) is 5.81 Å². The van der Waals surface area contributed by atoms with Crippen molar-refractivity contribution in [3.05, 3.63) is 0 Å². The molecule has 1 unspecified atom stereocenters. The van der Waals surface area contributed by atoms with Gasteiger partial charge in [-0.2, -0.15) is 5.26 Å². The van der Waals surface area contributed by atoms with Crippen LogP contribution in [0, 0.1) is 11.1 Å². The molecule has 0 saturated heterocycles. The van der Waals surface area contributed by atoms with Gasteiger partial charge in [0.25, 0.3) is 0 Å².